The van der Waals surface area contributed by atoms with Gasteiger partial charge in [0.2, 0.25) is 7.59 Å². The van der Waals surface area contributed by atoms with E-state index >= 15 is 0 Å². The highest BCUT2D eigenvalue weighted by Gasteiger charge is 2.26. The summed E-state index contributed by atoms with van der Waals surface area (Å²) in [5.41, 5.74) is 0. The molecular weight excluding hydrogens is 425 g/mol. The molecule has 116 valence electrons. The molecule has 0 aliphatic rings. The molecule has 0 rings (SSSR count). The van der Waals surface area contributed by atoms with Crippen molar-refractivity contribution in [1.29, 1.82) is 0 Å². The Morgan fingerprint density at radius 1 is 0.800 bits per heavy atom. The Morgan fingerprint density at radius 2 is 1.25 bits per heavy atom. The number of hydrogen-bond donors (Lipinski definition) is 0. The number of halogens is 6. The second kappa shape index (κ2) is 8.82. The molecule has 0 aromatic heterocycles. The van der Waals surface area contributed by atoms with Gasteiger partial charge in [0.1, 0.15) is 13.2 Å². The van der Waals surface area contributed by atoms with Gasteiger partial charge in [0.15, 0.2) is 0 Å². The van der Waals surface area contributed by atoms with Crippen LogP contribution in [-0.2, 0) is 14.2 Å². The fraction of sp³-hybridized carbons (Fsp3) is 0.571. The van der Waals surface area contributed by atoms with Crippen molar-refractivity contribution in [1.82, 2.24) is 0 Å². The molecule has 0 fully saturated rings. The van der Waals surface area contributed by atoms with E-state index in [1.807, 2.05) is 0 Å². The van der Waals surface area contributed by atoms with E-state index in [9.17, 15) is 14.4 Å². The van der Waals surface area contributed by atoms with Crippen LogP contribution >= 0.6 is 81.4 Å². The minimum absolute atomic E-state index is 0.0960. The monoisotopic (exact) mass is 426 g/mol. The van der Waals surface area contributed by atoms with Gasteiger partial charge in [-0.05, 0) is 0 Å². The molecule has 20 heavy (non-hydrogen) atoms. The molecule has 0 unspecified atom stereocenters. The van der Waals surface area contributed by atoms with Crippen LogP contribution in [0.25, 0.3) is 0 Å². The summed E-state index contributed by atoms with van der Waals surface area (Å²) in [5.74, 6) is 0. The van der Waals surface area contributed by atoms with Crippen LogP contribution in [0.4, 0.5) is 14.4 Å². The molecule has 0 heterocycles. The Kier molecular flexibility index (Phi) is 9.05. The van der Waals surface area contributed by atoms with Crippen molar-refractivity contribution in [2.24, 2.45) is 0 Å². The molecule has 6 nitrogen and oxygen atoms in total. The maximum Gasteiger partial charge on any atom is 0.516 e. The van der Waals surface area contributed by atoms with Gasteiger partial charge in [0.25, 0.3) is 0 Å². The third-order valence-corrected chi connectivity index (χ3v) is 2.23. The normalized spacial score (nSPS) is 11.7. The summed E-state index contributed by atoms with van der Waals surface area (Å²) in [4.78, 5) is 33.0. The molecular formula is C7H4Cl6O6S. The summed E-state index contributed by atoms with van der Waals surface area (Å²) in [5, 5.41) is -2.47. The van der Waals surface area contributed by atoms with E-state index in [0.717, 1.165) is 0 Å². The summed E-state index contributed by atoms with van der Waals surface area (Å²) >= 11 is 31.6. The van der Waals surface area contributed by atoms with E-state index in [-0.39, 0.29) is 11.8 Å². The van der Waals surface area contributed by atoms with Crippen molar-refractivity contribution in [3.8, 4) is 0 Å². The minimum Gasteiger partial charge on any atom is -0.453 e. The van der Waals surface area contributed by atoms with Crippen LogP contribution in [0.3, 0.4) is 0 Å². The van der Waals surface area contributed by atoms with Crippen molar-refractivity contribution in [3.63, 3.8) is 0 Å². The fourth-order valence-electron chi connectivity index (χ4n) is 0.497. The van der Waals surface area contributed by atoms with Gasteiger partial charge in [0.05, 0.1) is 11.8 Å². The van der Waals surface area contributed by atoms with Crippen molar-refractivity contribution in [3.05, 3.63) is 0 Å². The molecule has 0 amide bonds. The molecule has 0 aliphatic heterocycles. The predicted molar refractivity (Wildman–Crippen MR) is 77.3 cm³/mol. The third-order valence-electron chi connectivity index (χ3n) is 1.04. The molecule has 13 heteroatoms. The Morgan fingerprint density at radius 3 is 1.70 bits per heavy atom. The molecule has 0 radical (unpaired) electrons. The first-order valence-corrected chi connectivity index (χ1v) is 7.34. The van der Waals surface area contributed by atoms with E-state index in [4.69, 9.17) is 69.6 Å². The molecule has 0 spiro atoms. The summed E-state index contributed by atoms with van der Waals surface area (Å²) < 4.78 is 8.99. The van der Waals surface area contributed by atoms with E-state index in [0.29, 0.717) is 0 Å². The topological polar surface area (TPSA) is 78.9 Å². The van der Waals surface area contributed by atoms with Crippen LogP contribution in [0.1, 0.15) is 0 Å². The maximum atomic E-state index is 11.1. The Labute approximate surface area is 147 Å². The zero-order valence-corrected chi connectivity index (χ0v) is 14.4. The van der Waals surface area contributed by atoms with Gasteiger partial charge >= 0.3 is 16.8 Å². The van der Waals surface area contributed by atoms with E-state index in [1.54, 1.807) is 0 Å². The highest BCUT2D eigenvalue weighted by Crippen LogP contribution is 2.27. The van der Waals surface area contributed by atoms with Gasteiger partial charge in [-0.2, -0.15) is 0 Å². The van der Waals surface area contributed by atoms with Crippen LogP contribution < -0.4 is 0 Å². The fourth-order valence-corrected chi connectivity index (χ4v) is 1.19. The maximum absolute atomic E-state index is 11.1. The second-order valence-electron chi connectivity index (χ2n) is 2.76. The first-order valence-electron chi connectivity index (χ1n) is 4.26. The van der Waals surface area contributed by atoms with Crippen molar-refractivity contribution < 1.29 is 28.6 Å². The van der Waals surface area contributed by atoms with Crippen LogP contribution in [0.15, 0.2) is 0 Å². The van der Waals surface area contributed by atoms with Gasteiger partial charge in [-0.25, -0.2) is 14.4 Å². The summed E-state index contributed by atoms with van der Waals surface area (Å²) in [6.07, 6.45) is -1.46. The number of carbonyl (C=O) groups excluding carboxylic acids is 3. The van der Waals surface area contributed by atoms with Crippen LogP contribution in [-0.4, -0.2) is 37.6 Å². The number of rotatable bonds is 2. The van der Waals surface area contributed by atoms with Gasteiger partial charge < -0.3 is 14.2 Å². The lowest BCUT2D eigenvalue weighted by Gasteiger charge is -2.11. The van der Waals surface area contributed by atoms with E-state index in [2.05, 4.69) is 14.2 Å². The van der Waals surface area contributed by atoms with Gasteiger partial charge in [-0.3, -0.25) is 0 Å². The third kappa shape index (κ3) is 13.5. The zero-order valence-electron chi connectivity index (χ0n) is 9.04. The van der Waals surface area contributed by atoms with Crippen molar-refractivity contribution in [2.75, 3.05) is 13.2 Å². The highest BCUT2D eigenvalue weighted by atomic mass is 35.6. The second-order valence-corrected chi connectivity index (χ2v) is 8.66. The molecule has 0 aliphatic carbocycles. The number of alkyl halides is 6. The lowest BCUT2D eigenvalue weighted by Crippen LogP contribution is -2.20. The number of ether oxygens (including phenoxy) is 3. The highest BCUT2D eigenvalue weighted by molar-refractivity contribution is 8.25. The molecule has 0 saturated carbocycles. The number of hydrogen-bond acceptors (Lipinski definition) is 7. The average molecular weight is 429 g/mol. The average Bonchev–Trinajstić information content (AvgIpc) is 2.21. The minimum atomic E-state index is -1.86. The lowest BCUT2D eigenvalue weighted by molar-refractivity contribution is 0.0849. The molecule has 0 bridgehead atoms. The number of thioether (sulfide) groups is 1. The van der Waals surface area contributed by atoms with Crippen LogP contribution in [0.5, 0.6) is 0 Å². The summed E-state index contributed by atoms with van der Waals surface area (Å²) in [7, 11) is 0. The predicted octanol–water partition coefficient (Wildman–Crippen LogP) is 4.87. The first kappa shape index (κ1) is 20.5. The standard InChI is InChI=1S/C7H4Cl6O6S/c8-6(9,10)1-17-3(14)19-5(16)20-4(15)18-2-7(11,12)13/h1-2H2. The smallest absolute Gasteiger partial charge is 0.453 e. The van der Waals surface area contributed by atoms with Gasteiger partial charge in [0, 0.05) is 0 Å². The molecule has 0 N–H and O–H groups in total. The van der Waals surface area contributed by atoms with Crippen LogP contribution in [0.2, 0.25) is 0 Å². The van der Waals surface area contributed by atoms with Crippen molar-refractivity contribution in [2.45, 2.75) is 7.59 Å². The van der Waals surface area contributed by atoms with Gasteiger partial charge in [-0.15, -0.1) is 0 Å². The summed E-state index contributed by atoms with van der Waals surface area (Å²) in [6.45, 7) is -1.24. The van der Waals surface area contributed by atoms with Gasteiger partial charge in [-0.1, -0.05) is 69.6 Å². The van der Waals surface area contributed by atoms with E-state index in [1.165, 1.54) is 0 Å². The Balaban J connectivity index is 3.99. The lowest BCUT2D eigenvalue weighted by atomic mass is 10.8. The van der Waals surface area contributed by atoms with Crippen LogP contribution in [0, 0.1) is 0 Å². The molecule has 0 aromatic rings. The first-order chi connectivity index (χ1) is 8.89. The quantitative estimate of drug-likeness (QED) is 0.352. The molecule has 0 atom stereocenters. The largest absolute Gasteiger partial charge is 0.516 e. The zero-order chi connectivity index (χ0) is 16.0. The SMILES string of the molecule is O=C(OCC(Cl)(Cl)Cl)OC(=O)SC(=O)OCC(Cl)(Cl)Cl. The summed E-state index contributed by atoms with van der Waals surface area (Å²) in [6, 6.07) is 0. The molecule has 0 aromatic carbocycles. The molecule has 0 saturated heterocycles. The van der Waals surface area contributed by atoms with Crippen molar-refractivity contribution >= 4 is 98.1 Å². The Bertz CT molecular complexity index is 343. The number of carbonyl (C=O) groups is 3. The Hall–Kier alpha value is 0.500. The van der Waals surface area contributed by atoms with E-state index < -0.39 is 37.6 Å².